The molecule has 1 amide bonds. The molecule has 1 aliphatic heterocycles. The number of benzene rings is 1. The minimum Gasteiger partial charge on any atom is -0.496 e. The number of hydrogen-bond acceptors (Lipinski definition) is 5. The lowest BCUT2D eigenvalue weighted by atomic mass is 9.93. The molecule has 0 spiro atoms. The number of carbonyl (C=O) groups excluding carboxylic acids is 1. The van der Waals surface area contributed by atoms with Crippen LogP contribution in [0.2, 0.25) is 0 Å². The number of halogens is 1. The molecule has 1 saturated heterocycles. The number of methoxy groups -OCH3 is 3. The van der Waals surface area contributed by atoms with Gasteiger partial charge in [-0.2, -0.15) is 0 Å². The van der Waals surface area contributed by atoms with Crippen molar-refractivity contribution in [1.29, 1.82) is 0 Å². The third-order valence-electron chi connectivity index (χ3n) is 4.50. The quantitative estimate of drug-likeness (QED) is 0.734. The van der Waals surface area contributed by atoms with E-state index in [9.17, 15) is 4.79 Å². The molecule has 0 unspecified atom stereocenters. The monoisotopic (exact) mass is 372 g/mol. The average molecular weight is 373 g/mol. The summed E-state index contributed by atoms with van der Waals surface area (Å²) in [6.07, 6.45) is 3.85. The number of ether oxygens (including phenoxy) is 3. The molecular weight excluding hydrogens is 344 g/mol. The van der Waals surface area contributed by atoms with Crippen LogP contribution >= 0.6 is 12.4 Å². The highest BCUT2D eigenvalue weighted by atomic mass is 35.5. The first-order valence-corrected chi connectivity index (χ1v) is 8.44. The number of nitrogens with one attached hydrogen (secondary N) is 2. The lowest BCUT2D eigenvalue weighted by Gasteiger charge is -2.22. The van der Waals surface area contributed by atoms with E-state index in [1.807, 2.05) is 6.07 Å². The first-order valence-electron chi connectivity index (χ1n) is 8.44. The minimum absolute atomic E-state index is 0. The molecule has 0 atom stereocenters. The number of piperidine rings is 1. The first-order chi connectivity index (χ1) is 11.7. The Morgan fingerprint density at radius 2 is 1.68 bits per heavy atom. The third kappa shape index (κ3) is 6.29. The van der Waals surface area contributed by atoms with E-state index < -0.39 is 0 Å². The lowest BCUT2D eigenvalue weighted by molar-refractivity contribution is -0.121. The van der Waals surface area contributed by atoms with E-state index in [1.165, 1.54) is 0 Å². The second-order valence-electron chi connectivity index (χ2n) is 6.03. The fraction of sp³-hybridized carbons (Fsp3) is 0.611. The molecular formula is C18H29ClN2O4. The summed E-state index contributed by atoms with van der Waals surface area (Å²) >= 11 is 0. The molecule has 7 heteroatoms. The van der Waals surface area contributed by atoms with Crippen molar-refractivity contribution >= 4 is 18.3 Å². The van der Waals surface area contributed by atoms with Crippen molar-refractivity contribution in [3.8, 4) is 17.2 Å². The molecule has 0 saturated carbocycles. The van der Waals surface area contributed by atoms with E-state index in [1.54, 1.807) is 27.4 Å². The molecule has 1 heterocycles. The Labute approximate surface area is 156 Å². The smallest absolute Gasteiger partial charge is 0.220 e. The topological polar surface area (TPSA) is 68.8 Å². The fourth-order valence-electron chi connectivity index (χ4n) is 3.02. The Morgan fingerprint density at radius 3 is 2.28 bits per heavy atom. The van der Waals surface area contributed by atoms with E-state index in [0.29, 0.717) is 36.1 Å². The summed E-state index contributed by atoms with van der Waals surface area (Å²) < 4.78 is 16.0. The Balaban J connectivity index is 0.00000312. The molecule has 1 aromatic rings. The van der Waals surface area contributed by atoms with Gasteiger partial charge in [-0.05, 0) is 44.3 Å². The molecule has 1 aromatic carbocycles. The third-order valence-corrected chi connectivity index (χ3v) is 4.50. The van der Waals surface area contributed by atoms with Gasteiger partial charge in [0.15, 0.2) is 11.5 Å². The summed E-state index contributed by atoms with van der Waals surface area (Å²) in [5, 5.41) is 6.32. The van der Waals surface area contributed by atoms with Crippen molar-refractivity contribution in [3.63, 3.8) is 0 Å². The van der Waals surface area contributed by atoms with Crippen molar-refractivity contribution in [2.24, 2.45) is 5.92 Å². The summed E-state index contributed by atoms with van der Waals surface area (Å²) in [5.41, 5.74) is 0.866. The summed E-state index contributed by atoms with van der Waals surface area (Å²) in [6, 6.07) is 3.61. The number of carbonyl (C=O) groups is 1. The van der Waals surface area contributed by atoms with Crippen LogP contribution in [0.1, 0.15) is 31.2 Å². The SMILES string of the molecule is COc1cc(OC)c(OC)cc1CNC(=O)CCC1CCNCC1.Cl. The molecule has 0 radical (unpaired) electrons. The van der Waals surface area contributed by atoms with Crippen LogP contribution in [0, 0.1) is 5.92 Å². The van der Waals surface area contributed by atoms with Crippen LogP contribution in [0.3, 0.4) is 0 Å². The second-order valence-corrected chi connectivity index (χ2v) is 6.03. The van der Waals surface area contributed by atoms with Crippen LogP contribution in [-0.4, -0.2) is 40.3 Å². The van der Waals surface area contributed by atoms with Gasteiger partial charge in [0.25, 0.3) is 0 Å². The molecule has 1 fully saturated rings. The van der Waals surface area contributed by atoms with Gasteiger partial charge in [-0.15, -0.1) is 12.4 Å². The van der Waals surface area contributed by atoms with Gasteiger partial charge in [-0.3, -0.25) is 4.79 Å². The Morgan fingerprint density at radius 1 is 1.08 bits per heavy atom. The van der Waals surface area contributed by atoms with Crippen LogP contribution < -0.4 is 24.8 Å². The first kappa shape index (κ1) is 21.4. The molecule has 0 aliphatic carbocycles. The Kier molecular flexibility index (Phi) is 9.45. The molecule has 6 nitrogen and oxygen atoms in total. The molecule has 142 valence electrons. The van der Waals surface area contributed by atoms with E-state index in [4.69, 9.17) is 14.2 Å². The molecule has 0 aromatic heterocycles. The van der Waals surface area contributed by atoms with Crippen molar-refractivity contribution in [2.45, 2.75) is 32.2 Å². The molecule has 2 N–H and O–H groups in total. The Hall–Kier alpha value is -1.66. The zero-order valence-electron chi connectivity index (χ0n) is 15.2. The van der Waals surface area contributed by atoms with Gasteiger partial charge in [0.05, 0.1) is 21.3 Å². The second kappa shape index (κ2) is 11.1. The molecule has 2 rings (SSSR count). The van der Waals surface area contributed by atoms with Gasteiger partial charge in [-0.1, -0.05) is 0 Å². The largest absolute Gasteiger partial charge is 0.496 e. The summed E-state index contributed by atoms with van der Waals surface area (Å²) in [6.45, 7) is 2.54. The maximum atomic E-state index is 12.1. The van der Waals surface area contributed by atoms with Crippen molar-refractivity contribution in [3.05, 3.63) is 17.7 Å². The number of rotatable bonds is 8. The number of amides is 1. The highest BCUT2D eigenvalue weighted by molar-refractivity contribution is 5.85. The number of hydrogen-bond donors (Lipinski definition) is 2. The molecule has 0 bridgehead atoms. The maximum Gasteiger partial charge on any atom is 0.220 e. The minimum atomic E-state index is 0. The van der Waals surface area contributed by atoms with Crippen LogP contribution in [0.15, 0.2) is 12.1 Å². The van der Waals surface area contributed by atoms with E-state index in [-0.39, 0.29) is 18.3 Å². The van der Waals surface area contributed by atoms with E-state index in [0.717, 1.165) is 37.9 Å². The molecule has 25 heavy (non-hydrogen) atoms. The molecule has 1 aliphatic rings. The fourth-order valence-corrected chi connectivity index (χ4v) is 3.02. The van der Waals surface area contributed by atoms with Crippen LogP contribution in [0.4, 0.5) is 0 Å². The highest BCUT2D eigenvalue weighted by Gasteiger charge is 2.16. The average Bonchev–Trinajstić information content (AvgIpc) is 2.64. The highest BCUT2D eigenvalue weighted by Crippen LogP contribution is 2.34. The Bertz CT molecular complexity index is 548. The van der Waals surface area contributed by atoms with Gasteiger partial charge in [0.1, 0.15) is 5.75 Å². The van der Waals surface area contributed by atoms with Gasteiger partial charge < -0.3 is 24.8 Å². The van der Waals surface area contributed by atoms with E-state index >= 15 is 0 Å². The van der Waals surface area contributed by atoms with Crippen molar-refractivity contribution in [1.82, 2.24) is 10.6 Å². The van der Waals surface area contributed by atoms with Gasteiger partial charge >= 0.3 is 0 Å². The maximum absolute atomic E-state index is 12.1. The van der Waals surface area contributed by atoms with Crippen LogP contribution in [0.25, 0.3) is 0 Å². The normalized spacial score (nSPS) is 14.4. The van der Waals surface area contributed by atoms with Crippen molar-refractivity contribution < 1.29 is 19.0 Å². The predicted octanol–water partition coefficient (Wildman–Crippen LogP) is 2.53. The lowest BCUT2D eigenvalue weighted by Crippen LogP contribution is -2.29. The van der Waals surface area contributed by atoms with Gasteiger partial charge in [0.2, 0.25) is 5.91 Å². The van der Waals surface area contributed by atoms with Crippen LogP contribution in [-0.2, 0) is 11.3 Å². The van der Waals surface area contributed by atoms with E-state index in [2.05, 4.69) is 10.6 Å². The van der Waals surface area contributed by atoms with Crippen molar-refractivity contribution in [2.75, 3.05) is 34.4 Å². The van der Waals surface area contributed by atoms with Gasteiger partial charge in [0, 0.05) is 24.6 Å². The standard InChI is InChI=1S/C18H28N2O4.ClH/c1-22-15-11-17(24-3)16(23-2)10-14(15)12-20-18(21)5-4-13-6-8-19-9-7-13;/h10-11,13,19H,4-9,12H2,1-3H3,(H,20,21);1H. The zero-order chi connectivity index (χ0) is 17.4. The van der Waals surface area contributed by atoms with Gasteiger partial charge in [-0.25, -0.2) is 0 Å². The summed E-state index contributed by atoms with van der Waals surface area (Å²) in [4.78, 5) is 12.1. The summed E-state index contributed by atoms with van der Waals surface area (Å²) in [5.74, 6) is 2.64. The van der Waals surface area contributed by atoms with Crippen LogP contribution in [0.5, 0.6) is 17.2 Å². The predicted molar refractivity (Wildman–Crippen MR) is 100 cm³/mol. The summed E-state index contributed by atoms with van der Waals surface area (Å²) in [7, 11) is 4.77. The zero-order valence-corrected chi connectivity index (χ0v) is 16.0.